The Hall–Kier alpha value is -0.220. The van der Waals surface area contributed by atoms with E-state index in [-0.39, 0.29) is 12.4 Å². The van der Waals surface area contributed by atoms with Gasteiger partial charge < -0.3 is 9.69 Å². The van der Waals surface area contributed by atoms with Crippen LogP contribution < -0.4 is 0 Å². The van der Waals surface area contributed by atoms with E-state index in [9.17, 15) is 14.3 Å². The average molecular weight is 252 g/mol. The van der Waals surface area contributed by atoms with E-state index in [1.807, 2.05) is 6.92 Å². The molecule has 0 rings (SSSR count). The Kier molecular flexibility index (Phi) is 6.41. The number of rotatable bonds is 8. The SMILES string of the molecule is CCCOP(=O)(O)OC(C)(C)CCC(C)=O. The Balaban J connectivity index is 4.22. The van der Waals surface area contributed by atoms with Crippen molar-refractivity contribution in [3.05, 3.63) is 0 Å². The summed E-state index contributed by atoms with van der Waals surface area (Å²) in [5.74, 6) is 0.0268. The second-order valence-electron chi connectivity index (χ2n) is 4.35. The van der Waals surface area contributed by atoms with Crippen molar-refractivity contribution in [1.82, 2.24) is 0 Å². The number of hydrogen-bond donors (Lipinski definition) is 1. The van der Waals surface area contributed by atoms with E-state index in [0.29, 0.717) is 19.3 Å². The fourth-order valence-corrected chi connectivity index (χ4v) is 2.25. The molecule has 5 nitrogen and oxygen atoms in total. The average Bonchev–Trinajstić information content (AvgIpc) is 2.10. The normalized spacial score (nSPS) is 15.8. The molecule has 0 heterocycles. The van der Waals surface area contributed by atoms with Gasteiger partial charge in [0.15, 0.2) is 0 Å². The Morgan fingerprint density at radius 2 is 2.00 bits per heavy atom. The minimum atomic E-state index is -4.00. The van der Waals surface area contributed by atoms with Crippen molar-refractivity contribution in [1.29, 1.82) is 0 Å². The quantitative estimate of drug-likeness (QED) is 0.672. The molecule has 16 heavy (non-hydrogen) atoms. The molecular formula is C10H21O5P. The van der Waals surface area contributed by atoms with E-state index in [4.69, 9.17) is 9.05 Å². The van der Waals surface area contributed by atoms with Crippen LogP contribution >= 0.6 is 7.82 Å². The van der Waals surface area contributed by atoms with Crippen molar-refractivity contribution >= 4 is 13.6 Å². The number of phosphoric acid groups is 1. The van der Waals surface area contributed by atoms with Gasteiger partial charge in [-0.15, -0.1) is 0 Å². The van der Waals surface area contributed by atoms with Crippen molar-refractivity contribution in [2.45, 2.75) is 52.6 Å². The lowest BCUT2D eigenvalue weighted by atomic mass is 10.0. The number of hydrogen-bond acceptors (Lipinski definition) is 4. The van der Waals surface area contributed by atoms with Gasteiger partial charge in [-0.3, -0.25) is 9.05 Å². The van der Waals surface area contributed by atoms with Gasteiger partial charge in [0.05, 0.1) is 12.2 Å². The Morgan fingerprint density at radius 1 is 1.44 bits per heavy atom. The molecule has 0 amide bonds. The topological polar surface area (TPSA) is 72.8 Å². The molecule has 0 aromatic rings. The minimum Gasteiger partial charge on any atom is -0.302 e. The van der Waals surface area contributed by atoms with Crippen LogP contribution in [0.2, 0.25) is 0 Å². The summed E-state index contributed by atoms with van der Waals surface area (Å²) >= 11 is 0. The zero-order valence-corrected chi connectivity index (χ0v) is 11.3. The summed E-state index contributed by atoms with van der Waals surface area (Å²) < 4.78 is 21.2. The van der Waals surface area contributed by atoms with Crippen LogP contribution in [0.1, 0.15) is 47.0 Å². The maximum absolute atomic E-state index is 11.5. The highest BCUT2D eigenvalue weighted by Crippen LogP contribution is 2.48. The second-order valence-corrected chi connectivity index (χ2v) is 5.73. The highest BCUT2D eigenvalue weighted by atomic mass is 31.2. The number of carbonyl (C=O) groups is 1. The third-order valence-electron chi connectivity index (χ3n) is 1.90. The zero-order chi connectivity index (χ0) is 12.8. The molecule has 0 aliphatic heterocycles. The summed E-state index contributed by atoms with van der Waals surface area (Å²) in [5.41, 5.74) is -0.844. The summed E-state index contributed by atoms with van der Waals surface area (Å²) in [4.78, 5) is 20.2. The maximum atomic E-state index is 11.5. The zero-order valence-electron chi connectivity index (χ0n) is 10.4. The molecule has 0 aromatic carbocycles. The monoisotopic (exact) mass is 252 g/mol. The van der Waals surface area contributed by atoms with Crippen LogP contribution in [0, 0.1) is 0 Å². The van der Waals surface area contributed by atoms with Crippen molar-refractivity contribution < 1.29 is 23.3 Å². The van der Waals surface area contributed by atoms with Gasteiger partial charge in [-0.05, 0) is 33.6 Å². The number of Topliss-reactive ketones (excluding diaryl/α,β-unsaturated/α-hetero) is 1. The number of phosphoric ester groups is 1. The lowest BCUT2D eigenvalue weighted by Crippen LogP contribution is -2.24. The van der Waals surface area contributed by atoms with Crippen LogP contribution in [0.15, 0.2) is 0 Å². The highest BCUT2D eigenvalue weighted by molar-refractivity contribution is 7.47. The van der Waals surface area contributed by atoms with Gasteiger partial charge in [-0.2, -0.15) is 0 Å². The maximum Gasteiger partial charge on any atom is 0.472 e. The van der Waals surface area contributed by atoms with Gasteiger partial charge in [0, 0.05) is 6.42 Å². The Morgan fingerprint density at radius 3 is 2.44 bits per heavy atom. The molecule has 0 fully saturated rings. The molecule has 0 aliphatic carbocycles. The molecule has 0 spiro atoms. The molecule has 1 unspecified atom stereocenters. The molecule has 0 saturated carbocycles. The molecule has 0 saturated heterocycles. The fraction of sp³-hybridized carbons (Fsp3) is 0.900. The molecule has 0 radical (unpaired) electrons. The second kappa shape index (κ2) is 6.50. The fourth-order valence-electron chi connectivity index (χ4n) is 1.07. The van der Waals surface area contributed by atoms with Crippen LogP contribution in [0.3, 0.4) is 0 Å². The smallest absolute Gasteiger partial charge is 0.302 e. The Bertz CT molecular complexity index is 274. The van der Waals surface area contributed by atoms with Crippen molar-refractivity contribution in [2.24, 2.45) is 0 Å². The van der Waals surface area contributed by atoms with Gasteiger partial charge >= 0.3 is 7.82 Å². The number of carbonyl (C=O) groups excluding carboxylic acids is 1. The molecule has 0 bridgehead atoms. The first-order chi connectivity index (χ1) is 7.18. The van der Waals surface area contributed by atoms with E-state index >= 15 is 0 Å². The van der Waals surface area contributed by atoms with Crippen LogP contribution in [-0.2, 0) is 18.4 Å². The summed E-state index contributed by atoms with van der Waals surface area (Å²) in [5, 5.41) is 0. The lowest BCUT2D eigenvalue weighted by molar-refractivity contribution is -0.118. The minimum absolute atomic E-state index is 0.0268. The predicted octanol–water partition coefficient (Wildman–Crippen LogP) is 2.68. The molecule has 1 N–H and O–H groups in total. The van der Waals surface area contributed by atoms with Gasteiger partial charge in [-0.25, -0.2) is 4.57 Å². The molecule has 1 atom stereocenters. The van der Waals surface area contributed by atoms with Crippen molar-refractivity contribution in [2.75, 3.05) is 6.61 Å². The molecule has 0 aromatic heterocycles. The summed E-state index contributed by atoms with van der Waals surface area (Å²) in [7, 11) is -4.00. The molecule has 96 valence electrons. The molecule has 6 heteroatoms. The summed E-state index contributed by atoms with van der Waals surface area (Å²) in [6.07, 6.45) is 1.35. The van der Waals surface area contributed by atoms with E-state index in [1.165, 1.54) is 6.92 Å². The van der Waals surface area contributed by atoms with Gasteiger partial charge in [-0.1, -0.05) is 6.92 Å². The van der Waals surface area contributed by atoms with E-state index in [2.05, 4.69) is 0 Å². The number of ketones is 1. The third-order valence-corrected chi connectivity index (χ3v) is 3.13. The first-order valence-electron chi connectivity index (χ1n) is 5.36. The predicted molar refractivity (Wildman–Crippen MR) is 61.1 cm³/mol. The van der Waals surface area contributed by atoms with E-state index < -0.39 is 13.4 Å². The molecule has 0 aliphatic rings. The van der Waals surface area contributed by atoms with E-state index in [0.717, 1.165) is 0 Å². The summed E-state index contributed by atoms with van der Waals surface area (Å²) in [6.45, 7) is 6.81. The van der Waals surface area contributed by atoms with Gasteiger partial charge in [0.25, 0.3) is 0 Å². The van der Waals surface area contributed by atoms with Crippen LogP contribution in [-0.4, -0.2) is 22.9 Å². The van der Waals surface area contributed by atoms with Gasteiger partial charge in [0.1, 0.15) is 5.78 Å². The third kappa shape index (κ3) is 7.99. The summed E-state index contributed by atoms with van der Waals surface area (Å²) in [6, 6.07) is 0. The first kappa shape index (κ1) is 15.8. The molecular weight excluding hydrogens is 231 g/mol. The van der Waals surface area contributed by atoms with Crippen LogP contribution in [0.5, 0.6) is 0 Å². The van der Waals surface area contributed by atoms with E-state index in [1.54, 1.807) is 13.8 Å². The van der Waals surface area contributed by atoms with Crippen LogP contribution in [0.25, 0.3) is 0 Å². The van der Waals surface area contributed by atoms with Crippen molar-refractivity contribution in [3.63, 3.8) is 0 Å². The largest absolute Gasteiger partial charge is 0.472 e. The lowest BCUT2D eigenvalue weighted by Gasteiger charge is -2.26. The highest BCUT2D eigenvalue weighted by Gasteiger charge is 2.31. The van der Waals surface area contributed by atoms with Crippen LogP contribution in [0.4, 0.5) is 0 Å². The Labute approximate surface area is 96.8 Å². The van der Waals surface area contributed by atoms with Gasteiger partial charge in [0.2, 0.25) is 0 Å². The van der Waals surface area contributed by atoms with Crippen molar-refractivity contribution in [3.8, 4) is 0 Å². The first-order valence-corrected chi connectivity index (χ1v) is 6.85. The standard InChI is InChI=1S/C10H21O5P/c1-5-8-14-16(12,13)15-10(3,4)7-6-9(2)11/h5-8H2,1-4H3,(H,12,13).